The van der Waals surface area contributed by atoms with Gasteiger partial charge in [-0.15, -0.1) is 0 Å². The Bertz CT molecular complexity index is 522. The summed E-state index contributed by atoms with van der Waals surface area (Å²) < 4.78 is 6.89. The van der Waals surface area contributed by atoms with E-state index in [4.69, 9.17) is 4.74 Å². The molecule has 0 aliphatic heterocycles. The lowest BCUT2D eigenvalue weighted by Gasteiger charge is -2.02. The molecule has 0 spiro atoms. The van der Waals surface area contributed by atoms with Crippen molar-refractivity contribution in [2.45, 2.75) is 6.42 Å². The first-order valence-electron chi connectivity index (χ1n) is 4.95. The third-order valence-electron chi connectivity index (χ3n) is 2.27. The van der Waals surface area contributed by atoms with Crippen LogP contribution in [0.2, 0.25) is 0 Å². The number of fused-ring (bicyclic) bond motifs is 1. The van der Waals surface area contributed by atoms with E-state index < -0.39 is 0 Å². The van der Waals surface area contributed by atoms with Gasteiger partial charge in [0.2, 0.25) is 0 Å². The molecule has 2 rings (SSSR count). The number of imidazole rings is 1. The van der Waals surface area contributed by atoms with Gasteiger partial charge in [-0.25, -0.2) is 0 Å². The van der Waals surface area contributed by atoms with Crippen LogP contribution in [0, 0.1) is 0 Å². The molecule has 0 aliphatic rings. The maximum absolute atomic E-state index is 11.3. The fraction of sp³-hybridized carbons (Fsp3) is 0.273. The Labute approximate surface area is 98.6 Å². The number of carbonyl (C=O) groups is 1. The lowest BCUT2D eigenvalue weighted by atomic mass is 10.3. The van der Waals surface area contributed by atoms with E-state index in [1.165, 1.54) is 0 Å². The van der Waals surface area contributed by atoms with Crippen LogP contribution in [-0.2, 0) is 11.8 Å². The quantitative estimate of drug-likeness (QED) is 0.653. The van der Waals surface area contributed by atoms with Crippen molar-refractivity contribution < 1.29 is 9.53 Å². The Hall–Kier alpha value is -1.49. The molecule has 0 aliphatic carbocycles. The lowest BCUT2D eigenvalue weighted by Crippen LogP contribution is -2.11. The van der Waals surface area contributed by atoms with Gasteiger partial charge in [0.25, 0.3) is 0 Å². The Morgan fingerprint density at radius 1 is 1.50 bits per heavy atom. The van der Waals surface area contributed by atoms with Gasteiger partial charge in [-0.1, -0.05) is 12.1 Å². The predicted octanol–water partition coefficient (Wildman–Crippen LogP) is 1.80. The van der Waals surface area contributed by atoms with Crippen LogP contribution in [0.5, 0.6) is 6.01 Å². The van der Waals surface area contributed by atoms with Crippen molar-refractivity contribution in [3.63, 3.8) is 0 Å². The number of benzene rings is 1. The molecule has 5 heteroatoms. The van der Waals surface area contributed by atoms with Crippen LogP contribution >= 0.6 is 12.6 Å². The summed E-state index contributed by atoms with van der Waals surface area (Å²) >= 11 is 3.97. The number of nitrogens with zero attached hydrogens (tertiary/aromatic N) is 2. The van der Waals surface area contributed by atoms with Crippen molar-refractivity contribution in [1.82, 2.24) is 9.55 Å². The summed E-state index contributed by atoms with van der Waals surface area (Å²) in [7, 11) is 1.82. The Balaban J connectivity index is 2.31. The number of carbonyl (C=O) groups excluding carboxylic acids is 1. The number of ether oxygens (including phenoxy) is 1. The predicted molar refractivity (Wildman–Crippen MR) is 64.8 cm³/mol. The highest BCUT2D eigenvalue weighted by atomic mass is 32.1. The van der Waals surface area contributed by atoms with Gasteiger partial charge in [0.05, 0.1) is 17.5 Å². The van der Waals surface area contributed by atoms with Gasteiger partial charge < -0.3 is 4.74 Å². The van der Waals surface area contributed by atoms with Crippen LogP contribution in [0.25, 0.3) is 11.0 Å². The molecule has 1 aromatic heterocycles. The molecule has 4 nitrogen and oxygen atoms in total. The minimum absolute atomic E-state index is 0.284. The summed E-state index contributed by atoms with van der Waals surface area (Å²) in [6.45, 7) is 0. The smallest absolute Gasteiger partial charge is 0.314 e. The second kappa shape index (κ2) is 4.57. The van der Waals surface area contributed by atoms with E-state index in [1.54, 1.807) is 4.57 Å². The summed E-state index contributed by atoms with van der Waals surface area (Å²) in [4.78, 5) is 15.5. The molecule has 0 fully saturated rings. The fourth-order valence-corrected chi connectivity index (χ4v) is 1.64. The highest BCUT2D eigenvalue weighted by Gasteiger charge is 2.11. The number of para-hydroxylation sites is 2. The second-order valence-electron chi connectivity index (χ2n) is 3.39. The molecule has 1 heterocycles. The Morgan fingerprint density at radius 3 is 2.94 bits per heavy atom. The number of thiol groups is 1. The van der Waals surface area contributed by atoms with Gasteiger partial charge >= 0.3 is 12.0 Å². The maximum atomic E-state index is 11.3. The van der Waals surface area contributed by atoms with Crippen LogP contribution in [-0.4, -0.2) is 21.3 Å². The molecular weight excluding hydrogens is 224 g/mol. The standard InChI is InChI=1S/C11H12N2O2S/c1-13-9-5-3-2-4-8(9)12-11(13)15-10(14)6-7-16/h2-5,16H,6-7H2,1H3. The number of hydrogen-bond acceptors (Lipinski definition) is 4. The fourth-order valence-electron chi connectivity index (χ4n) is 1.46. The van der Waals surface area contributed by atoms with E-state index in [2.05, 4.69) is 17.6 Å². The first-order valence-corrected chi connectivity index (χ1v) is 5.58. The summed E-state index contributed by atoms with van der Waals surface area (Å²) in [6.07, 6.45) is 0.284. The van der Waals surface area contributed by atoms with E-state index in [-0.39, 0.29) is 12.4 Å². The van der Waals surface area contributed by atoms with Crippen molar-refractivity contribution in [3.8, 4) is 6.01 Å². The van der Waals surface area contributed by atoms with Crippen LogP contribution in [0.4, 0.5) is 0 Å². The summed E-state index contributed by atoms with van der Waals surface area (Å²) in [6, 6.07) is 7.95. The zero-order chi connectivity index (χ0) is 11.5. The second-order valence-corrected chi connectivity index (χ2v) is 3.84. The zero-order valence-electron chi connectivity index (χ0n) is 8.88. The lowest BCUT2D eigenvalue weighted by molar-refractivity contribution is -0.134. The molecule has 84 valence electrons. The molecular formula is C11H12N2O2S. The Morgan fingerprint density at radius 2 is 2.25 bits per heavy atom. The summed E-state index contributed by atoms with van der Waals surface area (Å²) in [5.41, 5.74) is 1.76. The van der Waals surface area contributed by atoms with Gasteiger partial charge in [-0.2, -0.15) is 17.6 Å². The van der Waals surface area contributed by atoms with Crippen molar-refractivity contribution in [2.24, 2.45) is 7.05 Å². The van der Waals surface area contributed by atoms with E-state index in [1.807, 2.05) is 31.3 Å². The molecule has 0 saturated heterocycles. The molecule has 0 atom stereocenters. The average molecular weight is 236 g/mol. The minimum atomic E-state index is -0.312. The normalized spacial score (nSPS) is 10.6. The monoisotopic (exact) mass is 236 g/mol. The van der Waals surface area contributed by atoms with Gasteiger partial charge in [-0.3, -0.25) is 9.36 Å². The van der Waals surface area contributed by atoms with Crippen molar-refractivity contribution in [1.29, 1.82) is 0 Å². The molecule has 0 radical (unpaired) electrons. The summed E-state index contributed by atoms with van der Waals surface area (Å²) in [5, 5.41) is 0. The molecule has 0 saturated carbocycles. The number of aromatic nitrogens is 2. The van der Waals surface area contributed by atoms with Crippen molar-refractivity contribution in [2.75, 3.05) is 5.75 Å². The van der Waals surface area contributed by atoms with Crippen molar-refractivity contribution >= 4 is 29.6 Å². The molecule has 1 aromatic carbocycles. The maximum Gasteiger partial charge on any atom is 0.314 e. The molecule has 2 aromatic rings. The number of rotatable bonds is 3. The molecule has 0 N–H and O–H groups in total. The van der Waals surface area contributed by atoms with Gasteiger partial charge in [0, 0.05) is 12.8 Å². The van der Waals surface area contributed by atoms with Crippen LogP contribution < -0.4 is 4.74 Å². The third-order valence-corrected chi connectivity index (χ3v) is 2.49. The first kappa shape index (κ1) is 11.0. The van der Waals surface area contributed by atoms with Gasteiger partial charge in [0.15, 0.2) is 0 Å². The van der Waals surface area contributed by atoms with Crippen LogP contribution in [0.15, 0.2) is 24.3 Å². The highest BCUT2D eigenvalue weighted by molar-refractivity contribution is 7.80. The first-order chi connectivity index (χ1) is 7.72. The van der Waals surface area contributed by atoms with E-state index in [9.17, 15) is 4.79 Å². The molecule has 0 bridgehead atoms. The van der Waals surface area contributed by atoms with Gasteiger partial charge in [-0.05, 0) is 12.1 Å². The topological polar surface area (TPSA) is 44.1 Å². The highest BCUT2D eigenvalue weighted by Crippen LogP contribution is 2.19. The number of hydrogen-bond donors (Lipinski definition) is 1. The zero-order valence-corrected chi connectivity index (χ0v) is 9.78. The summed E-state index contributed by atoms with van der Waals surface area (Å²) in [5.74, 6) is 0.163. The number of aryl methyl sites for hydroxylation is 1. The van der Waals surface area contributed by atoms with Crippen LogP contribution in [0.1, 0.15) is 6.42 Å². The Kier molecular flexibility index (Phi) is 3.14. The van der Waals surface area contributed by atoms with Gasteiger partial charge in [0.1, 0.15) is 0 Å². The van der Waals surface area contributed by atoms with Crippen LogP contribution in [0.3, 0.4) is 0 Å². The SMILES string of the molecule is Cn1c(OC(=O)CCS)nc2ccccc21. The largest absolute Gasteiger partial charge is 0.392 e. The van der Waals surface area contributed by atoms with E-state index in [0.717, 1.165) is 11.0 Å². The van der Waals surface area contributed by atoms with Crippen molar-refractivity contribution in [3.05, 3.63) is 24.3 Å². The molecule has 16 heavy (non-hydrogen) atoms. The molecule has 0 amide bonds. The minimum Gasteiger partial charge on any atom is -0.392 e. The van der Waals surface area contributed by atoms with E-state index >= 15 is 0 Å². The number of esters is 1. The average Bonchev–Trinajstić information content (AvgIpc) is 2.57. The van der Waals surface area contributed by atoms with E-state index in [0.29, 0.717) is 11.8 Å². The molecule has 0 unspecified atom stereocenters. The third kappa shape index (κ3) is 2.04.